The smallest absolute Gasteiger partial charge is 0.262 e. The second-order valence-electron chi connectivity index (χ2n) is 5.23. The lowest BCUT2D eigenvalue weighted by Gasteiger charge is -2.13. The lowest BCUT2D eigenvalue weighted by atomic mass is 10.3. The van der Waals surface area contributed by atoms with Gasteiger partial charge in [-0.15, -0.1) is 0 Å². The standard InChI is InChI=1S/C16H16F2N2O4S/c1-20(2)25(22,23)13-5-3-4-11(8-13)19-16(21)10-24-12-6-7-14(17)15(18)9-12/h3-9H,10H2,1-2H3,(H,19,21). The number of nitrogens with one attached hydrogen (secondary N) is 1. The Balaban J connectivity index is 2.02. The third kappa shape index (κ3) is 4.74. The topological polar surface area (TPSA) is 75.7 Å². The molecule has 6 nitrogen and oxygen atoms in total. The fourth-order valence-corrected chi connectivity index (χ4v) is 2.81. The first-order valence-corrected chi connectivity index (χ1v) is 8.54. The molecule has 0 unspecified atom stereocenters. The van der Waals surface area contributed by atoms with Crippen molar-refractivity contribution in [3.05, 3.63) is 54.1 Å². The Hall–Kier alpha value is -2.52. The van der Waals surface area contributed by atoms with Crippen LogP contribution < -0.4 is 10.1 Å². The number of carbonyl (C=O) groups is 1. The van der Waals surface area contributed by atoms with E-state index >= 15 is 0 Å². The van der Waals surface area contributed by atoms with Crippen LogP contribution in [0.4, 0.5) is 14.5 Å². The average Bonchev–Trinajstić information content (AvgIpc) is 2.56. The number of rotatable bonds is 6. The summed E-state index contributed by atoms with van der Waals surface area (Å²) in [6.07, 6.45) is 0. The van der Waals surface area contributed by atoms with Gasteiger partial charge in [0.1, 0.15) is 5.75 Å². The minimum atomic E-state index is -3.63. The number of ether oxygens (including phenoxy) is 1. The largest absolute Gasteiger partial charge is 0.484 e. The van der Waals surface area contributed by atoms with Crippen molar-refractivity contribution in [3.63, 3.8) is 0 Å². The Kier molecular flexibility index (Phi) is 5.70. The Morgan fingerprint density at radius 1 is 1.12 bits per heavy atom. The Morgan fingerprint density at radius 3 is 2.48 bits per heavy atom. The quantitative estimate of drug-likeness (QED) is 0.846. The highest BCUT2D eigenvalue weighted by molar-refractivity contribution is 7.89. The van der Waals surface area contributed by atoms with E-state index < -0.39 is 34.2 Å². The number of amides is 1. The maximum Gasteiger partial charge on any atom is 0.262 e. The second-order valence-corrected chi connectivity index (χ2v) is 7.38. The van der Waals surface area contributed by atoms with E-state index in [1.807, 2.05) is 0 Å². The first-order valence-electron chi connectivity index (χ1n) is 7.10. The number of hydrogen-bond donors (Lipinski definition) is 1. The predicted octanol–water partition coefficient (Wildman–Crippen LogP) is 2.23. The molecule has 0 saturated carbocycles. The fraction of sp³-hybridized carbons (Fsp3) is 0.188. The molecule has 2 rings (SSSR count). The molecule has 0 heterocycles. The van der Waals surface area contributed by atoms with Gasteiger partial charge in [-0.3, -0.25) is 4.79 Å². The first-order chi connectivity index (χ1) is 11.7. The zero-order chi connectivity index (χ0) is 18.6. The maximum absolute atomic E-state index is 13.1. The molecule has 0 atom stereocenters. The molecule has 25 heavy (non-hydrogen) atoms. The third-order valence-corrected chi connectivity index (χ3v) is 4.97. The molecule has 0 aromatic heterocycles. The van der Waals surface area contributed by atoms with Gasteiger partial charge in [0.25, 0.3) is 5.91 Å². The van der Waals surface area contributed by atoms with E-state index in [4.69, 9.17) is 4.74 Å². The summed E-state index contributed by atoms with van der Waals surface area (Å²) in [7, 11) is -0.828. The molecule has 0 aliphatic rings. The van der Waals surface area contributed by atoms with Crippen LogP contribution in [0.2, 0.25) is 0 Å². The van der Waals surface area contributed by atoms with Crippen LogP contribution in [0.3, 0.4) is 0 Å². The van der Waals surface area contributed by atoms with E-state index in [0.717, 1.165) is 16.4 Å². The summed E-state index contributed by atoms with van der Waals surface area (Å²) in [6, 6.07) is 8.63. The van der Waals surface area contributed by atoms with Crippen LogP contribution in [0.15, 0.2) is 47.4 Å². The molecule has 1 N–H and O–H groups in total. The highest BCUT2D eigenvalue weighted by atomic mass is 32.2. The monoisotopic (exact) mass is 370 g/mol. The van der Waals surface area contributed by atoms with E-state index in [0.29, 0.717) is 0 Å². The van der Waals surface area contributed by atoms with E-state index in [2.05, 4.69) is 5.32 Å². The summed E-state index contributed by atoms with van der Waals surface area (Å²) in [5.74, 6) is -2.68. The van der Waals surface area contributed by atoms with Crippen LogP contribution in [0, 0.1) is 11.6 Å². The molecular weight excluding hydrogens is 354 g/mol. The van der Waals surface area contributed by atoms with Crippen molar-refractivity contribution < 1.29 is 26.7 Å². The third-order valence-electron chi connectivity index (χ3n) is 3.16. The van der Waals surface area contributed by atoms with Crippen molar-refractivity contribution in [2.24, 2.45) is 0 Å². The van der Waals surface area contributed by atoms with Crippen molar-refractivity contribution >= 4 is 21.6 Å². The van der Waals surface area contributed by atoms with Crippen LogP contribution >= 0.6 is 0 Å². The first kappa shape index (κ1) is 18.8. The van der Waals surface area contributed by atoms with Crippen LogP contribution in [-0.2, 0) is 14.8 Å². The van der Waals surface area contributed by atoms with E-state index in [1.54, 1.807) is 0 Å². The SMILES string of the molecule is CN(C)S(=O)(=O)c1cccc(NC(=O)COc2ccc(F)c(F)c2)c1. The summed E-state index contributed by atoms with van der Waals surface area (Å²) >= 11 is 0. The van der Waals surface area contributed by atoms with E-state index in [9.17, 15) is 22.0 Å². The van der Waals surface area contributed by atoms with Crippen molar-refractivity contribution in [1.29, 1.82) is 0 Å². The molecular formula is C16H16F2N2O4S. The lowest BCUT2D eigenvalue weighted by molar-refractivity contribution is -0.118. The van der Waals surface area contributed by atoms with Gasteiger partial charge in [-0.1, -0.05) is 6.07 Å². The van der Waals surface area contributed by atoms with Crippen molar-refractivity contribution in [2.75, 3.05) is 26.0 Å². The highest BCUT2D eigenvalue weighted by Crippen LogP contribution is 2.18. The second kappa shape index (κ2) is 7.58. The molecule has 0 radical (unpaired) electrons. The zero-order valence-corrected chi connectivity index (χ0v) is 14.3. The maximum atomic E-state index is 13.1. The summed E-state index contributed by atoms with van der Waals surface area (Å²) in [5, 5.41) is 2.47. The molecule has 0 saturated heterocycles. The zero-order valence-electron chi connectivity index (χ0n) is 13.5. The van der Waals surface area contributed by atoms with Gasteiger partial charge in [0.05, 0.1) is 4.90 Å². The summed E-state index contributed by atoms with van der Waals surface area (Å²) in [5.41, 5.74) is 0.266. The van der Waals surface area contributed by atoms with Crippen LogP contribution in [0.1, 0.15) is 0 Å². The molecule has 0 fully saturated rings. The van der Waals surface area contributed by atoms with Gasteiger partial charge in [0.15, 0.2) is 18.2 Å². The van der Waals surface area contributed by atoms with Gasteiger partial charge < -0.3 is 10.1 Å². The summed E-state index contributed by atoms with van der Waals surface area (Å²) in [4.78, 5) is 11.9. The molecule has 0 aliphatic carbocycles. The molecule has 0 aliphatic heterocycles. The minimum Gasteiger partial charge on any atom is -0.484 e. The number of sulfonamides is 1. The van der Waals surface area contributed by atoms with Crippen molar-refractivity contribution in [2.45, 2.75) is 4.90 Å². The van der Waals surface area contributed by atoms with Crippen LogP contribution in [-0.4, -0.2) is 39.3 Å². The molecule has 0 spiro atoms. The van der Waals surface area contributed by atoms with Gasteiger partial charge in [-0.2, -0.15) is 0 Å². The van der Waals surface area contributed by atoms with Crippen molar-refractivity contribution in [3.8, 4) is 5.75 Å². The minimum absolute atomic E-state index is 0.00186. The lowest BCUT2D eigenvalue weighted by Crippen LogP contribution is -2.23. The molecule has 9 heteroatoms. The van der Waals surface area contributed by atoms with Crippen LogP contribution in [0.5, 0.6) is 5.75 Å². The average molecular weight is 370 g/mol. The fourth-order valence-electron chi connectivity index (χ4n) is 1.86. The summed E-state index contributed by atoms with van der Waals surface area (Å²) < 4.78 is 56.1. The van der Waals surface area contributed by atoms with Crippen LogP contribution in [0.25, 0.3) is 0 Å². The van der Waals surface area contributed by atoms with Gasteiger partial charge in [0, 0.05) is 25.8 Å². The van der Waals surface area contributed by atoms with Gasteiger partial charge in [-0.25, -0.2) is 21.5 Å². The number of carbonyl (C=O) groups excluding carboxylic acids is 1. The normalized spacial score (nSPS) is 11.4. The Labute approximate surface area is 144 Å². The highest BCUT2D eigenvalue weighted by Gasteiger charge is 2.17. The van der Waals surface area contributed by atoms with Gasteiger partial charge in [-0.05, 0) is 30.3 Å². The van der Waals surface area contributed by atoms with Gasteiger partial charge >= 0.3 is 0 Å². The molecule has 1 amide bonds. The van der Waals surface area contributed by atoms with Crippen molar-refractivity contribution in [1.82, 2.24) is 4.31 Å². The van der Waals surface area contributed by atoms with E-state index in [1.165, 1.54) is 44.4 Å². The number of benzene rings is 2. The number of halogens is 2. The summed E-state index contributed by atoms with van der Waals surface area (Å²) in [6.45, 7) is -0.449. The predicted molar refractivity (Wildman–Crippen MR) is 87.8 cm³/mol. The molecule has 2 aromatic carbocycles. The van der Waals surface area contributed by atoms with E-state index in [-0.39, 0.29) is 16.3 Å². The number of anilines is 1. The molecule has 2 aromatic rings. The number of nitrogens with zero attached hydrogens (tertiary/aromatic N) is 1. The number of hydrogen-bond acceptors (Lipinski definition) is 4. The van der Waals surface area contributed by atoms with Gasteiger partial charge in [0.2, 0.25) is 10.0 Å². The Bertz CT molecular complexity index is 885. The molecule has 134 valence electrons. The Morgan fingerprint density at radius 2 is 1.84 bits per heavy atom. The molecule has 0 bridgehead atoms.